The molecule has 0 saturated carbocycles. The van der Waals surface area contributed by atoms with Crippen molar-refractivity contribution >= 4 is 23.4 Å². The Kier molecular flexibility index (Phi) is 5.22. The molecule has 0 saturated heterocycles. The van der Waals surface area contributed by atoms with Crippen LogP contribution in [0.3, 0.4) is 0 Å². The summed E-state index contributed by atoms with van der Waals surface area (Å²) >= 11 is 5.30. The second kappa shape index (κ2) is 6.44. The predicted molar refractivity (Wildman–Crippen MR) is 61.6 cm³/mol. The van der Waals surface area contributed by atoms with E-state index in [9.17, 15) is 18.4 Å². The smallest absolute Gasteiger partial charge is 0.305 e. The van der Waals surface area contributed by atoms with E-state index in [0.29, 0.717) is 0 Å². The van der Waals surface area contributed by atoms with Crippen LogP contribution in [0.1, 0.15) is 29.6 Å². The number of halogens is 3. The van der Waals surface area contributed by atoms with Crippen LogP contribution in [0, 0.1) is 11.6 Å². The van der Waals surface area contributed by atoms with E-state index in [1.54, 1.807) is 0 Å². The SMILES string of the molecule is COC(=O)CCCC(=O)c1cc(F)c(Cl)c(F)c1. The molecule has 1 aromatic carbocycles. The molecule has 18 heavy (non-hydrogen) atoms. The van der Waals surface area contributed by atoms with Gasteiger partial charge in [0.05, 0.1) is 7.11 Å². The largest absolute Gasteiger partial charge is 0.469 e. The van der Waals surface area contributed by atoms with Gasteiger partial charge in [0.1, 0.15) is 16.7 Å². The Morgan fingerprint density at radius 1 is 1.22 bits per heavy atom. The minimum Gasteiger partial charge on any atom is -0.469 e. The maximum Gasteiger partial charge on any atom is 0.305 e. The van der Waals surface area contributed by atoms with Gasteiger partial charge in [-0.05, 0) is 18.6 Å². The molecule has 0 spiro atoms. The zero-order chi connectivity index (χ0) is 13.7. The molecule has 0 aliphatic rings. The maximum atomic E-state index is 13.1. The second-order valence-electron chi connectivity index (χ2n) is 3.61. The van der Waals surface area contributed by atoms with Crippen molar-refractivity contribution in [1.82, 2.24) is 0 Å². The molecule has 0 heterocycles. The Morgan fingerprint density at radius 3 is 2.28 bits per heavy atom. The number of benzene rings is 1. The van der Waals surface area contributed by atoms with E-state index in [-0.39, 0.29) is 24.8 Å². The van der Waals surface area contributed by atoms with Crippen molar-refractivity contribution in [3.05, 3.63) is 34.4 Å². The summed E-state index contributed by atoms with van der Waals surface area (Å²) in [5, 5.41) is -0.638. The van der Waals surface area contributed by atoms with Gasteiger partial charge in [0, 0.05) is 18.4 Å². The highest BCUT2D eigenvalue weighted by atomic mass is 35.5. The summed E-state index contributed by atoms with van der Waals surface area (Å²) in [5.74, 6) is -2.84. The molecule has 0 fully saturated rings. The summed E-state index contributed by atoms with van der Waals surface area (Å²) in [6, 6.07) is 1.76. The van der Waals surface area contributed by atoms with Gasteiger partial charge in [-0.15, -0.1) is 0 Å². The first kappa shape index (κ1) is 14.6. The topological polar surface area (TPSA) is 43.4 Å². The average Bonchev–Trinajstić information content (AvgIpc) is 2.34. The Labute approximate surface area is 108 Å². The van der Waals surface area contributed by atoms with Crippen LogP contribution in [0.15, 0.2) is 12.1 Å². The number of hydrogen-bond acceptors (Lipinski definition) is 3. The van der Waals surface area contributed by atoms with Gasteiger partial charge in [-0.25, -0.2) is 8.78 Å². The zero-order valence-electron chi connectivity index (χ0n) is 9.63. The Morgan fingerprint density at radius 2 is 1.78 bits per heavy atom. The van der Waals surface area contributed by atoms with Crippen molar-refractivity contribution in [2.75, 3.05) is 7.11 Å². The summed E-state index contributed by atoms with van der Waals surface area (Å²) in [7, 11) is 1.24. The third kappa shape index (κ3) is 3.77. The molecule has 3 nitrogen and oxygen atoms in total. The lowest BCUT2D eigenvalue weighted by Crippen LogP contribution is -2.04. The fourth-order valence-electron chi connectivity index (χ4n) is 1.36. The monoisotopic (exact) mass is 276 g/mol. The standard InChI is InChI=1S/C12H11ClF2O3/c1-18-11(17)4-2-3-10(16)7-5-8(14)12(13)9(15)6-7/h5-6H,2-4H2,1H3. The van der Waals surface area contributed by atoms with Gasteiger partial charge in [0.25, 0.3) is 0 Å². The van der Waals surface area contributed by atoms with Gasteiger partial charge >= 0.3 is 5.97 Å². The van der Waals surface area contributed by atoms with Crippen molar-refractivity contribution in [1.29, 1.82) is 0 Å². The Hall–Kier alpha value is -1.49. The third-order valence-corrected chi connectivity index (χ3v) is 2.68. The quantitative estimate of drug-likeness (QED) is 0.471. The summed E-state index contributed by atoms with van der Waals surface area (Å²) in [6.45, 7) is 0. The summed E-state index contributed by atoms with van der Waals surface area (Å²) in [6.07, 6.45) is 0.355. The molecule has 0 radical (unpaired) electrons. The van der Waals surface area contributed by atoms with E-state index in [2.05, 4.69) is 4.74 Å². The molecule has 1 aromatic rings. The minimum absolute atomic E-state index is 0.00954. The molecule has 0 unspecified atom stereocenters. The van der Waals surface area contributed by atoms with Crippen LogP contribution in [-0.2, 0) is 9.53 Å². The van der Waals surface area contributed by atoms with E-state index in [1.807, 2.05) is 0 Å². The van der Waals surface area contributed by atoms with E-state index >= 15 is 0 Å². The number of carbonyl (C=O) groups is 2. The van der Waals surface area contributed by atoms with Crippen LogP contribution in [-0.4, -0.2) is 18.9 Å². The number of ketones is 1. The molecular weight excluding hydrogens is 266 g/mol. The normalized spacial score (nSPS) is 10.2. The molecule has 0 amide bonds. The maximum absolute atomic E-state index is 13.1. The number of ether oxygens (including phenoxy) is 1. The molecule has 0 bridgehead atoms. The molecule has 0 aliphatic heterocycles. The van der Waals surface area contributed by atoms with Crippen LogP contribution in [0.25, 0.3) is 0 Å². The van der Waals surface area contributed by atoms with Gasteiger partial charge < -0.3 is 4.74 Å². The Bertz CT molecular complexity index is 451. The number of methoxy groups -OCH3 is 1. The van der Waals surface area contributed by atoms with Crippen LogP contribution in [0.2, 0.25) is 5.02 Å². The predicted octanol–water partition coefficient (Wildman–Crippen LogP) is 3.14. The van der Waals surface area contributed by atoms with Crippen molar-refractivity contribution in [2.45, 2.75) is 19.3 Å². The summed E-state index contributed by atoms with van der Waals surface area (Å²) < 4.78 is 30.6. The lowest BCUT2D eigenvalue weighted by atomic mass is 10.1. The molecule has 0 N–H and O–H groups in total. The fraction of sp³-hybridized carbons (Fsp3) is 0.333. The van der Waals surface area contributed by atoms with E-state index in [1.165, 1.54) is 7.11 Å². The molecule has 0 aromatic heterocycles. The first-order valence-electron chi connectivity index (χ1n) is 5.20. The van der Waals surface area contributed by atoms with Crippen LogP contribution in [0.5, 0.6) is 0 Å². The number of carbonyl (C=O) groups excluding carboxylic acids is 2. The van der Waals surface area contributed by atoms with Gasteiger partial charge in [-0.3, -0.25) is 9.59 Å². The van der Waals surface area contributed by atoms with Crippen molar-refractivity contribution < 1.29 is 23.1 Å². The molecule has 0 aliphatic carbocycles. The van der Waals surface area contributed by atoms with Crippen LogP contribution in [0.4, 0.5) is 8.78 Å². The van der Waals surface area contributed by atoms with E-state index in [4.69, 9.17) is 11.6 Å². The molecule has 0 atom stereocenters. The fourth-order valence-corrected chi connectivity index (χ4v) is 1.47. The number of esters is 1. The highest BCUT2D eigenvalue weighted by Gasteiger charge is 2.14. The van der Waals surface area contributed by atoms with Crippen molar-refractivity contribution in [2.24, 2.45) is 0 Å². The van der Waals surface area contributed by atoms with Gasteiger partial charge in [-0.2, -0.15) is 0 Å². The molecule has 98 valence electrons. The van der Waals surface area contributed by atoms with Crippen molar-refractivity contribution in [3.8, 4) is 0 Å². The lowest BCUT2D eigenvalue weighted by Gasteiger charge is -2.03. The number of Topliss-reactive ketones (excluding diaryl/α,β-unsaturated/α-hetero) is 1. The van der Waals surface area contributed by atoms with Crippen LogP contribution >= 0.6 is 11.6 Å². The van der Waals surface area contributed by atoms with Gasteiger partial charge in [0.15, 0.2) is 5.78 Å². The molecule has 1 rings (SSSR count). The third-order valence-electron chi connectivity index (χ3n) is 2.32. The molecule has 6 heteroatoms. The van der Waals surface area contributed by atoms with E-state index < -0.39 is 28.4 Å². The van der Waals surface area contributed by atoms with Crippen molar-refractivity contribution in [3.63, 3.8) is 0 Å². The molecular formula is C12H11ClF2O3. The summed E-state index contributed by atoms with van der Waals surface area (Å²) in [4.78, 5) is 22.4. The lowest BCUT2D eigenvalue weighted by molar-refractivity contribution is -0.140. The van der Waals surface area contributed by atoms with E-state index in [0.717, 1.165) is 12.1 Å². The average molecular weight is 277 g/mol. The number of hydrogen-bond donors (Lipinski definition) is 0. The minimum atomic E-state index is -0.979. The Balaban J connectivity index is 2.65. The van der Waals surface area contributed by atoms with Gasteiger partial charge in [-0.1, -0.05) is 11.6 Å². The zero-order valence-corrected chi connectivity index (χ0v) is 10.4. The second-order valence-corrected chi connectivity index (χ2v) is 3.98. The summed E-state index contributed by atoms with van der Waals surface area (Å²) in [5.41, 5.74) is -0.0979. The highest BCUT2D eigenvalue weighted by molar-refractivity contribution is 6.31. The highest BCUT2D eigenvalue weighted by Crippen LogP contribution is 2.21. The van der Waals surface area contributed by atoms with Gasteiger partial charge in [0.2, 0.25) is 0 Å². The first-order chi connectivity index (χ1) is 8.45. The van der Waals surface area contributed by atoms with Crippen LogP contribution < -0.4 is 0 Å². The first-order valence-corrected chi connectivity index (χ1v) is 5.58. The number of rotatable bonds is 5.